The van der Waals surface area contributed by atoms with Crippen molar-refractivity contribution in [3.05, 3.63) is 0 Å². The first-order valence-corrected chi connectivity index (χ1v) is 5.46. The van der Waals surface area contributed by atoms with Gasteiger partial charge in [-0.3, -0.25) is 4.90 Å². The molecular weight excluding hydrogens is 150 g/mol. The molecule has 2 heterocycles. The summed E-state index contributed by atoms with van der Waals surface area (Å²) < 4.78 is 0. The number of fused-ring (bicyclic) bond motifs is 1. The summed E-state index contributed by atoms with van der Waals surface area (Å²) in [5, 5.41) is 1.66. The molecule has 3 heteroatoms. The van der Waals surface area contributed by atoms with E-state index in [9.17, 15) is 0 Å². The molecule has 9 heavy (non-hydrogen) atoms. The fourth-order valence-corrected chi connectivity index (χ4v) is 4.25. The molecule has 0 aliphatic carbocycles. The zero-order valence-electron chi connectivity index (χ0n) is 5.54. The van der Waals surface area contributed by atoms with Crippen LogP contribution in [-0.2, 0) is 0 Å². The zero-order valence-corrected chi connectivity index (χ0v) is 7.17. The standard InChI is InChI=1S/C6H11NS2/c1-5-7-2-3-8-6(7)4-9-5/h5-6H,2-4H2,1H3. The number of hydrogen-bond acceptors (Lipinski definition) is 3. The highest BCUT2D eigenvalue weighted by Gasteiger charge is 2.34. The van der Waals surface area contributed by atoms with Crippen LogP contribution in [0.25, 0.3) is 0 Å². The lowest BCUT2D eigenvalue weighted by Gasteiger charge is -2.16. The molecule has 0 aromatic carbocycles. The van der Waals surface area contributed by atoms with Crippen LogP contribution in [0.5, 0.6) is 0 Å². The Bertz CT molecular complexity index is 118. The Morgan fingerprint density at radius 1 is 1.44 bits per heavy atom. The Kier molecular flexibility index (Phi) is 1.67. The fraction of sp³-hybridized carbons (Fsp3) is 1.00. The van der Waals surface area contributed by atoms with E-state index in [0.717, 1.165) is 10.7 Å². The van der Waals surface area contributed by atoms with Gasteiger partial charge in [-0.25, -0.2) is 0 Å². The van der Waals surface area contributed by atoms with Crippen LogP contribution in [0.15, 0.2) is 0 Å². The summed E-state index contributed by atoms with van der Waals surface area (Å²) in [6.45, 7) is 3.64. The third kappa shape index (κ3) is 0.994. The molecule has 2 fully saturated rings. The molecule has 0 amide bonds. The molecule has 0 radical (unpaired) electrons. The third-order valence-corrected chi connectivity index (χ3v) is 4.69. The highest BCUT2D eigenvalue weighted by molar-refractivity contribution is 8.04. The van der Waals surface area contributed by atoms with Crippen LogP contribution in [0, 0.1) is 0 Å². The van der Waals surface area contributed by atoms with Crippen molar-refractivity contribution in [3.63, 3.8) is 0 Å². The predicted octanol–water partition coefficient (Wildman–Crippen LogP) is 1.45. The highest BCUT2D eigenvalue weighted by atomic mass is 32.2. The molecule has 2 aliphatic rings. The molecule has 52 valence electrons. The first kappa shape index (κ1) is 6.38. The average Bonchev–Trinajstić information content (AvgIpc) is 2.35. The lowest BCUT2D eigenvalue weighted by atomic mass is 10.5. The second-order valence-corrected chi connectivity index (χ2v) is 5.13. The SMILES string of the molecule is CC1SCC2SCCN12. The van der Waals surface area contributed by atoms with Gasteiger partial charge in [0.05, 0.1) is 10.7 Å². The van der Waals surface area contributed by atoms with Crippen molar-refractivity contribution in [2.45, 2.75) is 17.7 Å². The van der Waals surface area contributed by atoms with E-state index in [-0.39, 0.29) is 0 Å². The van der Waals surface area contributed by atoms with Gasteiger partial charge in [-0.05, 0) is 6.92 Å². The van der Waals surface area contributed by atoms with E-state index in [2.05, 4.69) is 35.3 Å². The Hall–Kier alpha value is 0.660. The Labute approximate surface area is 64.6 Å². The average molecular weight is 161 g/mol. The van der Waals surface area contributed by atoms with E-state index in [4.69, 9.17) is 0 Å². The van der Waals surface area contributed by atoms with E-state index >= 15 is 0 Å². The van der Waals surface area contributed by atoms with Gasteiger partial charge in [-0.1, -0.05) is 0 Å². The van der Waals surface area contributed by atoms with Crippen molar-refractivity contribution >= 4 is 23.5 Å². The molecule has 0 aromatic heterocycles. The summed E-state index contributed by atoms with van der Waals surface area (Å²) in [5.74, 6) is 2.71. The normalized spacial score (nSPS) is 43.7. The predicted molar refractivity (Wildman–Crippen MR) is 44.9 cm³/mol. The topological polar surface area (TPSA) is 3.24 Å². The van der Waals surface area contributed by atoms with Gasteiger partial charge < -0.3 is 0 Å². The molecule has 0 bridgehead atoms. The molecular formula is C6H11NS2. The third-order valence-electron chi connectivity index (χ3n) is 1.98. The quantitative estimate of drug-likeness (QED) is 0.529. The van der Waals surface area contributed by atoms with E-state index < -0.39 is 0 Å². The summed E-state index contributed by atoms with van der Waals surface area (Å²) in [5.41, 5.74) is 0. The molecule has 0 aromatic rings. The maximum absolute atomic E-state index is 2.61. The maximum atomic E-state index is 2.61. The van der Waals surface area contributed by atoms with E-state index in [1.54, 1.807) is 0 Å². The smallest absolute Gasteiger partial charge is 0.0659 e. The summed E-state index contributed by atoms with van der Waals surface area (Å²) in [4.78, 5) is 2.61. The summed E-state index contributed by atoms with van der Waals surface area (Å²) in [7, 11) is 0. The van der Waals surface area contributed by atoms with Crippen molar-refractivity contribution in [3.8, 4) is 0 Å². The van der Waals surface area contributed by atoms with E-state index in [0.29, 0.717) is 0 Å². The van der Waals surface area contributed by atoms with Crippen molar-refractivity contribution in [1.82, 2.24) is 4.90 Å². The number of nitrogens with zero attached hydrogens (tertiary/aromatic N) is 1. The van der Waals surface area contributed by atoms with Gasteiger partial charge in [0.1, 0.15) is 0 Å². The first-order chi connectivity index (χ1) is 4.38. The van der Waals surface area contributed by atoms with Crippen LogP contribution in [-0.4, -0.2) is 33.7 Å². The van der Waals surface area contributed by atoms with Crippen molar-refractivity contribution in [1.29, 1.82) is 0 Å². The first-order valence-electron chi connectivity index (χ1n) is 3.37. The van der Waals surface area contributed by atoms with Crippen molar-refractivity contribution < 1.29 is 0 Å². The highest BCUT2D eigenvalue weighted by Crippen LogP contribution is 2.38. The molecule has 2 aliphatic heterocycles. The molecule has 2 unspecified atom stereocenters. The number of thioether (sulfide) groups is 2. The minimum absolute atomic E-state index is 0.796. The van der Waals surface area contributed by atoms with Gasteiger partial charge in [0.2, 0.25) is 0 Å². The fourth-order valence-electron chi connectivity index (χ4n) is 1.41. The molecule has 0 saturated carbocycles. The van der Waals surface area contributed by atoms with Crippen LogP contribution in [0.1, 0.15) is 6.92 Å². The van der Waals surface area contributed by atoms with Gasteiger partial charge in [0.25, 0.3) is 0 Å². The number of rotatable bonds is 0. The largest absolute Gasteiger partial charge is 0.278 e. The summed E-state index contributed by atoms with van der Waals surface area (Å²) in [6.07, 6.45) is 0. The van der Waals surface area contributed by atoms with Gasteiger partial charge in [-0.15, -0.1) is 23.5 Å². The monoisotopic (exact) mass is 161 g/mol. The minimum Gasteiger partial charge on any atom is -0.278 e. The second kappa shape index (κ2) is 2.36. The van der Waals surface area contributed by atoms with Crippen molar-refractivity contribution in [2.75, 3.05) is 18.1 Å². The van der Waals surface area contributed by atoms with Crippen LogP contribution in [0.4, 0.5) is 0 Å². The zero-order chi connectivity index (χ0) is 6.27. The van der Waals surface area contributed by atoms with Gasteiger partial charge in [-0.2, -0.15) is 0 Å². The number of hydrogen-bond donors (Lipinski definition) is 0. The van der Waals surface area contributed by atoms with Crippen LogP contribution >= 0.6 is 23.5 Å². The Morgan fingerprint density at radius 3 is 3.11 bits per heavy atom. The lowest BCUT2D eigenvalue weighted by molar-refractivity contribution is 0.313. The summed E-state index contributed by atoms with van der Waals surface area (Å²) >= 11 is 4.22. The van der Waals surface area contributed by atoms with Crippen LogP contribution in [0.3, 0.4) is 0 Å². The maximum Gasteiger partial charge on any atom is 0.0659 e. The molecule has 0 spiro atoms. The van der Waals surface area contributed by atoms with Gasteiger partial charge in [0.15, 0.2) is 0 Å². The van der Waals surface area contributed by atoms with Gasteiger partial charge >= 0.3 is 0 Å². The molecule has 2 atom stereocenters. The molecule has 0 N–H and O–H groups in total. The lowest BCUT2D eigenvalue weighted by Crippen LogP contribution is -2.28. The molecule has 1 nitrogen and oxygen atoms in total. The van der Waals surface area contributed by atoms with E-state index in [1.807, 2.05) is 0 Å². The molecule has 2 saturated heterocycles. The summed E-state index contributed by atoms with van der Waals surface area (Å²) in [6, 6.07) is 0. The van der Waals surface area contributed by atoms with Crippen molar-refractivity contribution in [2.24, 2.45) is 0 Å². The van der Waals surface area contributed by atoms with Crippen LogP contribution < -0.4 is 0 Å². The molecule has 2 rings (SSSR count). The van der Waals surface area contributed by atoms with E-state index in [1.165, 1.54) is 18.1 Å². The van der Waals surface area contributed by atoms with Gasteiger partial charge in [0, 0.05) is 18.1 Å². The minimum atomic E-state index is 0.796. The second-order valence-electron chi connectivity index (χ2n) is 2.50. The Morgan fingerprint density at radius 2 is 2.33 bits per heavy atom. The Balaban J connectivity index is 2.07. The van der Waals surface area contributed by atoms with Crippen LogP contribution in [0.2, 0.25) is 0 Å².